The molecule has 0 aromatic heterocycles. The van der Waals surface area contributed by atoms with Crippen LogP contribution in [0.5, 0.6) is 0 Å². The molecule has 0 aromatic rings. The van der Waals surface area contributed by atoms with Gasteiger partial charge < -0.3 is 4.79 Å². The molecule has 0 spiro atoms. The van der Waals surface area contributed by atoms with Crippen molar-refractivity contribution < 1.29 is 24.3 Å². The monoisotopic (exact) mass is 161 g/mol. The van der Waals surface area contributed by atoms with E-state index >= 15 is 0 Å². The van der Waals surface area contributed by atoms with E-state index in [0.29, 0.717) is 0 Å². The van der Waals surface area contributed by atoms with Crippen LogP contribution in [-0.4, -0.2) is 5.78 Å². The third-order valence-electron chi connectivity index (χ3n) is 0. The van der Waals surface area contributed by atoms with E-state index < -0.39 is 0 Å². The van der Waals surface area contributed by atoms with Crippen molar-refractivity contribution in [1.29, 1.82) is 0 Å². The molecule has 33 valence electrons. The Morgan fingerprint density at radius 3 is 1.40 bits per heavy atom. The van der Waals surface area contributed by atoms with Crippen molar-refractivity contribution in [1.82, 2.24) is 0 Å². The van der Waals surface area contributed by atoms with Crippen LogP contribution in [0.15, 0.2) is 0 Å². The van der Waals surface area contributed by atoms with Gasteiger partial charge in [0.2, 0.25) is 0 Å². The maximum absolute atomic E-state index is 9.44. The maximum Gasteiger partial charge on any atom is 0.126 e. The number of hydrogen-bond acceptors (Lipinski definition) is 1. The Hall–Kier alpha value is 0.293. The van der Waals surface area contributed by atoms with Gasteiger partial charge in [-0.1, -0.05) is 0 Å². The van der Waals surface area contributed by atoms with Crippen molar-refractivity contribution >= 4 is 5.78 Å². The van der Waals surface area contributed by atoms with Crippen molar-refractivity contribution in [3.63, 3.8) is 0 Å². The van der Waals surface area contributed by atoms with Crippen LogP contribution in [0.1, 0.15) is 13.8 Å². The zero-order valence-corrected chi connectivity index (χ0v) is 4.88. The number of rotatable bonds is 0. The van der Waals surface area contributed by atoms with Crippen LogP contribution in [0.4, 0.5) is 0 Å². The number of carbonyl (C=O) groups is 1. The Balaban J connectivity index is 0. The van der Waals surface area contributed by atoms with Gasteiger partial charge in [0, 0.05) is 19.5 Å². The summed E-state index contributed by atoms with van der Waals surface area (Å²) in [5.41, 5.74) is 0. The van der Waals surface area contributed by atoms with Crippen molar-refractivity contribution in [2.45, 2.75) is 13.8 Å². The fourth-order valence-electron chi connectivity index (χ4n) is 0. The fourth-order valence-corrected chi connectivity index (χ4v) is 0. The van der Waals surface area contributed by atoms with Gasteiger partial charge in [-0.15, -0.1) is 0 Å². The average Bonchev–Trinajstić information content (AvgIpc) is 0.811. The predicted octanol–water partition coefficient (Wildman–Crippen LogP) is 0.593. The number of ketones is 1. The molecule has 0 rings (SSSR count). The summed E-state index contributed by atoms with van der Waals surface area (Å²) in [6.07, 6.45) is 0. The van der Waals surface area contributed by atoms with Crippen LogP contribution < -0.4 is 0 Å². The van der Waals surface area contributed by atoms with Crippen molar-refractivity contribution in [3.05, 3.63) is 0 Å². The van der Waals surface area contributed by atoms with Crippen molar-refractivity contribution in [2.24, 2.45) is 0 Å². The Kier molecular flexibility index (Phi) is 7.72. The van der Waals surface area contributed by atoms with Crippen LogP contribution in [0.3, 0.4) is 0 Å². The first-order valence-corrected chi connectivity index (χ1v) is 1.20. The van der Waals surface area contributed by atoms with E-state index in [1.54, 1.807) is 0 Å². The molecule has 0 aliphatic carbocycles. The SMILES string of the molecule is CC(C)=O.[Rh]. The predicted molar refractivity (Wildman–Crippen MR) is 16.4 cm³/mol. The summed E-state index contributed by atoms with van der Waals surface area (Å²) >= 11 is 0. The molecule has 0 N–H and O–H groups in total. The second kappa shape index (κ2) is 4.29. The number of hydrogen-bond donors (Lipinski definition) is 0. The number of carbonyl (C=O) groups excluding carboxylic acids is 1. The molecule has 0 heterocycles. The Morgan fingerprint density at radius 1 is 1.40 bits per heavy atom. The minimum absolute atomic E-state index is 0. The summed E-state index contributed by atoms with van der Waals surface area (Å²) < 4.78 is 0. The van der Waals surface area contributed by atoms with Gasteiger partial charge in [0.15, 0.2) is 0 Å². The molecule has 0 saturated carbocycles. The molecule has 0 fully saturated rings. The molecule has 0 atom stereocenters. The largest absolute Gasteiger partial charge is 0.300 e. The second-order valence-corrected chi connectivity index (χ2v) is 0.908. The van der Waals surface area contributed by atoms with E-state index in [1.165, 1.54) is 13.8 Å². The van der Waals surface area contributed by atoms with E-state index in [9.17, 15) is 4.79 Å². The third kappa shape index (κ3) is 262. The van der Waals surface area contributed by atoms with E-state index in [2.05, 4.69) is 0 Å². The quantitative estimate of drug-likeness (QED) is 0.475. The van der Waals surface area contributed by atoms with Gasteiger partial charge in [-0.3, -0.25) is 0 Å². The summed E-state index contributed by atoms with van der Waals surface area (Å²) in [6, 6.07) is 0. The maximum atomic E-state index is 9.44. The molecule has 0 bridgehead atoms. The molecular formula is C3H6ORh. The molecule has 0 aliphatic heterocycles. The van der Waals surface area contributed by atoms with Crippen LogP contribution in [0, 0.1) is 0 Å². The normalized spacial score (nSPS) is 5.20. The zero-order valence-electron chi connectivity index (χ0n) is 3.24. The van der Waals surface area contributed by atoms with Crippen LogP contribution in [-0.2, 0) is 24.3 Å². The first-order valence-electron chi connectivity index (χ1n) is 1.20. The summed E-state index contributed by atoms with van der Waals surface area (Å²) in [5, 5.41) is 0. The molecule has 0 unspecified atom stereocenters. The van der Waals surface area contributed by atoms with Crippen LogP contribution in [0.25, 0.3) is 0 Å². The molecule has 5 heavy (non-hydrogen) atoms. The molecular weight excluding hydrogens is 155 g/mol. The third-order valence-corrected chi connectivity index (χ3v) is 0. The smallest absolute Gasteiger partial charge is 0.126 e. The molecule has 0 saturated heterocycles. The fraction of sp³-hybridized carbons (Fsp3) is 0.667. The van der Waals surface area contributed by atoms with Crippen molar-refractivity contribution in [2.75, 3.05) is 0 Å². The van der Waals surface area contributed by atoms with E-state index in [1.807, 2.05) is 0 Å². The van der Waals surface area contributed by atoms with Gasteiger partial charge in [0.25, 0.3) is 0 Å². The molecule has 1 radical (unpaired) electrons. The summed E-state index contributed by atoms with van der Waals surface area (Å²) in [5.74, 6) is 0.167. The average molecular weight is 161 g/mol. The second-order valence-electron chi connectivity index (χ2n) is 0.908. The minimum Gasteiger partial charge on any atom is -0.300 e. The van der Waals surface area contributed by atoms with Crippen LogP contribution >= 0.6 is 0 Å². The van der Waals surface area contributed by atoms with Gasteiger partial charge in [0.1, 0.15) is 5.78 Å². The molecule has 2 heteroatoms. The van der Waals surface area contributed by atoms with E-state index in [-0.39, 0.29) is 25.3 Å². The Morgan fingerprint density at radius 2 is 1.40 bits per heavy atom. The first-order chi connectivity index (χ1) is 1.73. The van der Waals surface area contributed by atoms with E-state index in [4.69, 9.17) is 0 Å². The topological polar surface area (TPSA) is 17.1 Å². The summed E-state index contributed by atoms with van der Waals surface area (Å²) in [6.45, 7) is 3.06. The zero-order chi connectivity index (χ0) is 3.58. The molecule has 1 nitrogen and oxygen atoms in total. The first kappa shape index (κ1) is 9.00. The van der Waals surface area contributed by atoms with Gasteiger partial charge in [-0.2, -0.15) is 0 Å². The summed E-state index contributed by atoms with van der Waals surface area (Å²) in [4.78, 5) is 9.44. The molecule has 0 aliphatic rings. The minimum atomic E-state index is 0. The van der Waals surface area contributed by atoms with Gasteiger partial charge in [0.05, 0.1) is 0 Å². The Bertz CT molecular complexity index is 29.9. The van der Waals surface area contributed by atoms with E-state index in [0.717, 1.165) is 0 Å². The summed E-state index contributed by atoms with van der Waals surface area (Å²) in [7, 11) is 0. The van der Waals surface area contributed by atoms with Gasteiger partial charge >= 0.3 is 0 Å². The van der Waals surface area contributed by atoms with Crippen LogP contribution in [0.2, 0.25) is 0 Å². The van der Waals surface area contributed by atoms with Crippen molar-refractivity contribution in [3.8, 4) is 0 Å². The van der Waals surface area contributed by atoms with Gasteiger partial charge in [-0.05, 0) is 13.8 Å². The molecule has 0 amide bonds. The molecule has 0 aromatic carbocycles. The number of Topliss-reactive ketones (excluding diaryl/α,β-unsaturated/α-hetero) is 1. The standard InChI is InChI=1S/C3H6O.Rh/c1-3(2)4;/h1-2H3;. The van der Waals surface area contributed by atoms with Gasteiger partial charge in [-0.25, -0.2) is 0 Å². The Labute approximate surface area is 44.5 Å².